The summed E-state index contributed by atoms with van der Waals surface area (Å²) in [5, 5.41) is 3.14. The lowest BCUT2D eigenvalue weighted by Gasteiger charge is -2.28. The molecule has 90 valence electrons. The zero-order chi connectivity index (χ0) is 12.0. The van der Waals surface area contributed by atoms with E-state index in [-0.39, 0.29) is 18.1 Å². The maximum Gasteiger partial charge on any atom is 0.223 e. The Labute approximate surface area is 95.2 Å². The van der Waals surface area contributed by atoms with Gasteiger partial charge >= 0.3 is 0 Å². The van der Waals surface area contributed by atoms with Crippen molar-refractivity contribution >= 4 is 18.0 Å². The molecule has 5 heteroatoms. The molecule has 1 heterocycles. The normalized spacial score (nSPS) is 17.9. The maximum absolute atomic E-state index is 11.8. The minimum atomic E-state index is -0.757. The van der Waals surface area contributed by atoms with E-state index in [0.29, 0.717) is 25.8 Å². The summed E-state index contributed by atoms with van der Waals surface area (Å²) >= 11 is 0. The van der Waals surface area contributed by atoms with Gasteiger partial charge in [0.1, 0.15) is 12.1 Å². The highest BCUT2D eigenvalue weighted by Gasteiger charge is 2.23. The number of rotatable bonds is 5. The number of hydrogen-bond acceptors (Lipinski definition) is 4. The fraction of sp³-hybridized carbons (Fsp3) is 0.727. The van der Waals surface area contributed by atoms with Crippen molar-refractivity contribution in [3.8, 4) is 0 Å². The van der Waals surface area contributed by atoms with Gasteiger partial charge < -0.3 is 15.0 Å². The second kappa shape index (κ2) is 6.37. The number of carbonyl (C=O) groups is 3. The number of amides is 1. The van der Waals surface area contributed by atoms with Crippen LogP contribution in [-0.2, 0) is 14.4 Å². The van der Waals surface area contributed by atoms with Gasteiger partial charge in [-0.15, -0.1) is 0 Å². The summed E-state index contributed by atoms with van der Waals surface area (Å²) in [6.45, 7) is 4.57. The van der Waals surface area contributed by atoms with Crippen LogP contribution in [0.1, 0.15) is 19.8 Å². The molecule has 1 aliphatic heterocycles. The van der Waals surface area contributed by atoms with Crippen LogP contribution in [0, 0.1) is 5.92 Å². The topological polar surface area (TPSA) is 66.5 Å². The molecular weight excluding hydrogens is 208 g/mol. The number of piperazine rings is 1. The standard InChI is InChI=1S/C11H18N2O3/c1-2-10(15)9(8-14)7-11(16)13-5-3-12-4-6-13/h8-9,12H,2-7H2,1H3. The molecule has 0 aliphatic carbocycles. The van der Waals surface area contributed by atoms with Gasteiger partial charge in [-0.2, -0.15) is 0 Å². The third-order valence-corrected chi connectivity index (χ3v) is 2.79. The summed E-state index contributed by atoms with van der Waals surface area (Å²) in [5.41, 5.74) is 0. The Morgan fingerprint density at radius 1 is 1.38 bits per heavy atom. The van der Waals surface area contributed by atoms with Crippen LogP contribution >= 0.6 is 0 Å². The molecule has 1 saturated heterocycles. The third-order valence-electron chi connectivity index (χ3n) is 2.79. The molecule has 0 aromatic carbocycles. The molecule has 16 heavy (non-hydrogen) atoms. The number of nitrogens with zero attached hydrogens (tertiary/aromatic N) is 1. The summed E-state index contributed by atoms with van der Waals surface area (Å²) in [6.07, 6.45) is 0.917. The maximum atomic E-state index is 11.8. The van der Waals surface area contributed by atoms with Gasteiger partial charge in [0.25, 0.3) is 0 Å². The Bertz CT molecular complexity index is 272. The fourth-order valence-corrected chi connectivity index (χ4v) is 1.73. The number of hydrogen-bond donors (Lipinski definition) is 1. The van der Waals surface area contributed by atoms with Crippen molar-refractivity contribution in [3.63, 3.8) is 0 Å². The molecule has 1 aliphatic rings. The van der Waals surface area contributed by atoms with E-state index in [1.54, 1.807) is 11.8 Å². The second-order valence-corrected chi connectivity index (χ2v) is 3.90. The average molecular weight is 226 g/mol. The van der Waals surface area contributed by atoms with Crippen LogP contribution in [-0.4, -0.2) is 49.1 Å². The van der Waals surface area contributed by atoms with Gasteiger partial charge in [-0.3, -0.25) is 9.59 Å². The van der Waals surface area contributed by atoms with Crippen molar-refractivity contribution in [1.82, 2.24) is 10.2 Å². The molecule has 0 aromatic rings. The van der Waals surface area contributed by atoms with Crippen molar-refractivity contribution in [2.24, 2.45) is 5.92 Å². The Kier molecular flexibility index (Phi) is 5.11. The highest BCUT2D eigenvalue weighted by Crippen LogP contribution is 2.08. The van der Waals surface area contributed by atoms with Crippen LogP contribution in [0.4, 0.5) is 0 Å². The van der Waals surface area contributed by atoms with Gasteiger partial charge in [-0.25, -0.2) is 0 Å². The first kappa shape index (κ1) is 12.8. The molecule has 0 saturated carbocycles. The SMILES string of the molecule is CCC(=O)C(C=O)CC(=O)N1CCNCC1. The quantitative estimate of drug-likeness (QED) is 0.512. The van der Waals surface area contributed by atoms with E-state index in [1.165, 1.54) is 0 Å². The summed E-state index contributed by atoms with van der Waals surface area (Å²) in [4.78, 5) is 35.5. The molecule has 0 radical (unpaired) electrons. The smallest absolute Gasteiger partial charge is 0.223 e. The van der Waals surface area contributed by atoms with Crippen molar-refractivity contribution in [2.45, 2.75) is 19.8 Å². The number of Topliss-reactive ketones (excluding diaryl/α,β-unsaturated/α-hetero) is 1. The van der Waals surface area contributed by atoms with Crippen LogP contribution < -0.4 is 5.32 Å². The van der Waals surface area contributed by atoms with Crippen molar-refractivity contribution < 1.29 is 14.4 Å². The molecule has 5 nitrogen and oxygen atoms in total. The first-order valence-electron chi connectivity index (χ1n) is 5.65. The fourth-order valence-electron chi connectivity index (χ4n) is 1.73. The summed E-state index contributed by atoms with van der Waals surface area (Å²) in [7, 11) is 0. The molecule has 1 amide bonds. The summed E-state index contributed by atoms with van der Waals surface area (Å²) < 4.78 is 0. The number of nitrogens with one attached hydrogen (secondary N) is 1. The molecular formula is C11H18N2O3. The molecule has 0 bridgehead atoms. The minimum absolute atomic E-state index is 0.0240. The van der Waals surface area contributed by atoms with E-state index >= 15 is 0 Å². The van der Waals surface area contributed by atoms with Crippen LogP contribution in [0.2, 0.25) is 0 Å². The lowest BCUT2D eigenvalue weighted by Crippen LogP contribution is -2.47. The zero-order valence-corrected chi connectivity index (χ0v) is 9.57. The van der Waals surface area contributed by atoms with Gasteiger partial charge in [0.15, 0.2) is 0 Å². The highest BCUT2D eigenvalue weighted by atomic mass is 16.2. The lowest BCUT2D eigenvalue weighted by molar-refractivity contribution is -0.138. The van der Waals surface area contributed by atoms with Gasteiger partial charge in [-0.05, 0) is 0 Å². The van der Waals surface area contributed by atoms with E-state index in [2.05, 4.69) is 5.32 Å². The van der Waals surface area contributed by atoms with E-state index in [1.807, 2.05) is 0 Å². The molecule has 1 N–H and O–H groups in total. The Hall–Kier alpha value is -1.23. The van der Waals surface area contributed by atoms with Gasteiger partial charge in [0.05, 0.1) is 5.92 Å². The molecule has 1 fully saturated rings. The van der Waals surface area contributed by atoms with E-state index in [4.69, 9.17) is 0 Å². The average Bonchev–Trinajstić information content (AvgIpc) is 2.35. The van der Waals surface area contributed by atoms with E-state index < -0.39 is 5.92 Å². The van der Waals surface area contributed by atoms with Gasteiger partial charge in [0.2, 0.25) is 5.91 Å². The summed E-state index contributed by atoms with van der Waals surface area (Å²) in [5.74, 6) is -1.01. The molecule has 1 unspecified atom stereocenters. The lowest BCUT2D eigenvalue weighted by atomic mass is 9.99. The summed E-state index contributed by atoms with van der Waals surface area (Å²) in [6, 6.07) is 0. The number of ketones is 1. The predicted molar refractivity (Wildman–Crippen MR) is 58.9 cm³/mol. The van der Waals surface area contributed by atoms with Gasteiger partial charge in [0, 0.05) is 39.0 Å². The van der Waals surface area contributed by atoms with Crippen LogP contribution in [0.15, 0.2) is 0 Å². The van der Waals surface area contributed by atoms with E-state index in [9.17, 15) is 14.4 Å². The Morgan fingerprint density at radius 2 is 2.00 bits per heavy atom. The third kappa shape index (κ3) is 3.41. The van der Waals surface area contributed by atoms with Crippen molar-refractivity contribution in [3.05, 3.63) is 0 Å². The number of carbonyl (C=O) groups excluding carboxylic acids is 3. The minimum Gasteiger partial charge on any atom is -0.340 e. The molecule has 1 rings (SSSR count). The van der Waals surface area contributed by atoms with Crippen LogP contribution in [0.25, 0.3) is 0 Å². The van der Waals surface area contributed by atoms with E-state index in [0.717, 1.165) is 13.1 Å². The molecule has 1 atom stereocenters. The predicted octanol–water partition coefficient (Wildman–Crippen LogP) is -0.397. The molecule has 0 spiro atoms. The van der Waals surface area contributed by atoms with Crippen LogP contribution in [0.5, 0.6) is 0 Å². The monoisotopic (exact) mass is 226 g/mol. The second-order valence-electron chi connectivity index (χ2n) is 3.90. The number of aldehydes is 1. The first-order chi connectivity index (χ1) is 7.69. The largest absolute Gasteiger partial charge is 0.340 e. The highest BCUT2D eigenvalue weighted by molar-refractivity contribution is 5.97. The zero-order valence-electron chi connectivity index (χ0n) is 9.57. The van der Waals surface area contributed by atoms with Crippen molar-refractivity contribution in [2.75, 3.05) is 26.2 Å². The Morgan fingerprint density at radius 3 is 2.50 bits per heavy atom. The first-order valence-corrected chi connectivity index (χ1v) is 5.65. The Balaban J connectivity index is 2.47. The van der Waals surface area contributed by atoms with Crippen LogP contribution in [0.3, 0.4) is 0 Å². The van der Waals surface area contributed by atoms with Crippen molar-refractivity contribution in [1.29, 1.82) is 0 Å². The molecule has 0 aromatic heterocycles. The van der Waals surface area contributed by atoms with Gasteiger partial charge in [-0.1, -0.05) is 6.92 Å².